The Bertz CT molecular complexity index is 309. The molecule has 0 saturated carbocycles. The first kappa shape index (κ1) is 21.9. The second-order valence-electron chi connectivity index (χ2n) is 5.98. The molecule has 0 aromatic carbocycles. The van der Waals surface area contributed by atoms with Crippen LogP contribution in [0, 0.1) is 5.92 Å². The molecule has 23 heavy (non-hydrogen) atoms. The van der Waals surface area contributed by atoms with Gasteiger partial charge in [-0.2, -0.15) is 0 Å². The van der Waals surface area contributed by atoms with E-state index in [9.17, 15) is 9.59 Å². The minimum absolute atomic E-state index is 0.0832. The largest absolute Gasteiger partial charge is 0.379 e. The lowest BCUT2D eigenvalue weighted by molar-refractivity contribution is -0.122. The van der Waals surface area contributed by atoms with Crippen LogP contribution in [0.4, 0.5) is 0 Å². The maximum Gasteiger partial charge on any atom is 0.220 e. The molecule has 0 heterocycles. The molecule has 0 rings (SSSR count). The molecule has 6 nitrogen and oxygen atoms in total. The number of amides is 2. The van der Waals surface area contributed by atoms with Crippen molar-refractivity contribution in [3.63, 3.8) is 0 Å². The Hall–Kier alpha value is -1.14. The van der Waals surface area contributed by atoms with Gasteiger partial charge in [-0.15, -0.1) is 0 Å². The van der Waals surface area contributed by atoms with Crippen molar-refractivity contribution < 1.29 is 19.1 Å². The molecule has 0 bridgehead atoms. The van der Waals surface area contributed by atoms with Gasteiger partial charge in [0.05, 0.1) is 13.2 Å². The molecule has 0 aromatic heterocycles. The highest BCUT2D eigenvalue weighted by Crippen LogP contribution is 1.94. The molecule has 0 aliphatic heterocycles. The maximum atomic E-state index is 11.5. The molecule has 0 saturated heterocycles. The van der Waals surface area contributed by atoms with Gasteiger partial charge in [0, 0.05) is 39.1 Å². The van der Waals surface area contributed by atoms with Crippen molar-refractivity contribution in [3.05, 3.63) is 0 Å². The van der Waals surface area contributed by atoms with Gasteiger partial charge in [0.2, 0.25) is 11.8 Å². The Morgan fingerprint density at radius 1 is 0.870 bits per heavy atom. The van der Waals surface area contributed by atoms with Crippen LogP contribution in [-0.2, 0) is 19.1 Å². The smallest absolute Gasteiger partial charge is 0.220 e. The van der Waals surface area contributed by atoms with Crippen molar-refractivity contribution in [2.45, 2.75) is 52.9 Å². The summed E-state index contributed by atoms with van der Waals surface area (Å²) in [5, 5.41) is 5.71. The zero-order chi connectivity index (χ0) is 17.3. The molecule has 0 aliphatic rings. The highest BCUT2D eigenvalue weighted by atomic mass is 16.5. The Morgan fingerprint density at radius 2 is 1.39 bits per heavy atom. The highest BCUT2D eigenvalue weighted by Gasteiger charge is 2.02. The van der Waals surface area contributed by atoms with E-state index in [0.29, 0.717) is 45.2 Å². The van der Waals surface area contributed by atoms with E-state index in [4.69, 9.17) is 9.47 Å². The fourth-order valence-corrected chi connectivity index (χ4v) is 1.75. The van der Waals surface area contributed by atoms with E-state index in [1.165, 1.54) is 0 Å². The first-order valence-corrected chi connectivity index (χ1v) is 8.75. The molecular formula is C17H34N2O4. The van der Waals surface area contributed by atoms with Crippen molar-refractivity contribution in [2.75, 3.05) is 39.5 Å². The summed E-state index contributed by atoms with van der Waals surface area (Å²) in [5.41, 5.74) is 0. The van der Waals surface area contributed by atoms with Crippen LogP contribution in [0.15, 0.2) is 0 Å². The summed E-state index contributed by atoms with van der Waals surface area (Å²) in [5.74, 6) is 0.646. The van der Waals surface area contributed by atoms with Crippen LogP contribution in [0.5, 0.6) is 0 Å². The van der Waals surface area contributed by atoms with E-state index in [0.717, 1.165) is 32.4 Å². The number of hydrogen-bond donors (Lipinski definition) is 2. The van der Waals surface area contributed by atoms with Gasteiger partial charge in [-0.25, -0.2) is 0 Å². The first-order chi connectivity index (χ1) is 11.1. The molecule has 0 atom stereocenters. The minimum atomic E-state index is 0.0832. The third-order valence-electron chi connectivity index (χ3n) is 3.04. The average Bonchev–Trinajstić information content (AvgIpc) is 2.52. The van der Waals surface area contributed by atoms with Crippen molar-refractivity contribution >= 4 is 11.8 Å². The topological polar surface area (TPSA) is 76.7 Å². The maximum absolute atomic E-state index is 11.5. The predicted molar refractivity (Wildman–Crippen MR) is 91.3 cm³/mol. The van der Waals surface area contributed by atoms with Crippen LogP contribution in [0.1, 0.15) is 52.9 Å². The van der Waals surface area contributed by atoms with Gasteiger partial charge in [-0.1, -0.05) is 20.8 Å². The van der Waals surface area contributed by atoms with Gasteiger partial charge in [0.15, 0.2) is 0 Å². The summed E-state index contributed by atoms with van der Waals surface area (Å²) in [7, 11) is 0. The number of carbonyl (C=O) groups is 2. The monoisotopic (exact) mass is 330 g/mol. The molecular weight excluding hydrogens is 296 g/mol. The minimum Gasteiger partial charge on any atom is -0.379 e. The number of hydrogen-bond acceptors (Lipinski definition) is 4. The molecule has 0 fully saturated rings. The van der Waals surface area contributed by atoms with Crippen LogP contribution in [0.2, 0.25) is 0 Å². The normalized spacial score (nSPS) is 10.8. The second kappa shape index (κ2) is 15.7. The van der Waals surface area contributed by atoms with Crippen molar-refractivity contribution in [1.29, 1.82) is 0 Å². The molecule has 0 unspecified atom stereocenters. The first-order valence-electron chi connectivity index (χ1n) is 8.75. The van der Waals surface area contributed by atoms with Gasteiger partial charge < -0.3 is 20.1 Å². The fourth-order valence-electron chi connectivity index (χ4n) is 1.75. The zero-order valence-corrected chi connectivity index (χ0v) is 15.0. The molecule has 0 radical (unpaired) electrons. The lowest BCUT2D eigenvalue weighted by atomic mass is 10.2. The average molecular weight is 330 g/mol. The molecule has 6 heteroatoms. The Balaban J connectivity index is 3.21. The van der Waals surface area contributed by atoms with Crippen LogP contribution in [0.25, 0.3) is 0 Å². The summed E-state index contributed by atoms with van der Waals surface area (Å²) in [6.45, 7) is 9.82. The van der Waals surface area contributed by atoms with E-state index in [1.807, 2.05) is 6.92 Å². The number of rotatable bonds is 15. The molecule has 2 amide bonds. The summed E-state index contributed by atoms with van der Waals surface area (Å²) < 4.78 is 10.8. The third kappa shape index (κ3) is 17.1. The Labute approximate surface area is 140 Å². The van der Waals surface area contributed by atoms with Gasteiger partial charge in [0.1, 0.15) is 0 Å². The molecule has 2 N–H and O–H groups in total. The SMILES string of the molecule is CCCNC(=O)CCCOCCOCCCC(=O)NCC(C)C. The molecule has 0 aliphatic carbocycles. The number of nitrogens with one attached hydrogen (secondary N) is 2. The van der Waals surface area contributed by atoms with Crippen LogP contribution >= 0.6 is 0 Å². The van der Waals surface area contributed by atoms with E-state index >= 15 is 0 Å². The van der Waals surface area contributed by atoms with E-state index < -0.39 is 0 Å². The van der Waals surface area contributed by atoms with Gasteiger partial charge in [-0.05, 0) is 25.2 Å². The summed E-state index contributed by atoms with van der Waals surface area (Å²) in [6.07, 6.45) is 3.42. The standard InChI is InChI=1S/C17H34N2O4/c1-4-9-18-16(20)7-5-10-22-12-13-23-11-6-8-17(21)19-14-15(2)3/h15H,4-14H2,1-3H3,(H,18,20)(H,19,21). The fraction of sp³-hybridized carbons (Fsp3) is 0.882. The Kier molecular flexibility index (Phi) is 15.0. The zero-order valence-electron chi connectivity index (χ0n) is 15.0. The van der Waals surface area contributed by atoms with E-state index in [-0.39, 0.29) is 11.8 Å². The van der Waals surface area contributed by atoms with Crippen LogP contribution in [0.3, 0.4) is 0 Å². The van der Waals surface area contributed by atoms with Crippen molar-refractivity contribution in [2.24, 2.45) is 5.92 Å². The van der Waals surface area contributed by atoms with Gasteiger partial charge >= 0.3 is 0 Å². The van der Waals surface area contributed by atoms with Gasteiger partial charge in [-0.3, -0.25) is 9.59 Å². The quantitative estimate of drug-likeness (QED) is 0.450. The lowest BCUT2D eigenvalue weighted by Crippen LogP contribution is -2.27. The number of carbonyl (C=O) groups excluding carboxylic acids is 2. The van der Waals surface area contributed by atoms with Crippen LogP contribution < -0.4 is 10.6 Å². The van der Waals surface area contributed by atoms with Crippen LogP contribution in [-0.4, -0.2) is 51.3 Å². The summed E-state index contributed by atoms with van der Waals surface area (Å²) in [4.78, 5) is 22.8. The molecule has 136 valence electrons. The van der Waals surface area contributed by atoms with Crippen molar-refractivity contribution in [1.82, 2.24) is 10.6 Å². The highest BCUT2D eigenvalue weighted by molar-refractivity contribution is 5.76. The number of ether oxygens (including phenoxy) is 2. The lowest BCUT2D eigenvalue weighted by Gasteiger charge is -2.08. The van der Waals surface area contributed by atoms with E-state index in [1.54, 1.807) is 0 Å². The summed E-state index contributed by atoms with van der Waals surface area (Å²) in [6, 6.07) is 0. The Morgan fingerprint density at radius 3 is 1.87 bits per heavy atom. The van der Waals surface area contributed by atoms with Gasteiger partial charge in [0.25, 0.3) is 0 Å². The molecule has 0 spiro atoms. The summed E-state index contributed by atoms with van der Waals surface area (Å²) >= 11 is 0. The molecule has 0 aromatic rings. The van der Waals surface area contributed by atoms with E-state index in [2.05, 4.69) is 24.5 Å². The van der Waals surface area contributed by atoms with Crippen molar-refractivity contribution in [3.8, 4) is 0 Å². The second-order valence-corrected chi connectivity index (χ2v) is 5.98. The third-order valence-corrected chi connectivity index (χ3v) is 3.04. The predicted octanol–water partition coefficient (Wildman–Crippen LogP) is 1.88.